The zero-order chi connectivity index (χ0) is 25.2. The number of hydrogen-bond donors (Lipinski definition) is 1. The van der Waals surface area contributed by atoms with Crippen molar-refractivity contribution < 1.29 is 33.3 Å². The molecule has 1 aliphatic carbocycles. The minimum Gasteiger partial charge on any atom is -0.497 e. The maximum Gasteiger partial charge on any atom is 0.337 e. The van der Waals surface area contributed by atoms with Crippen LogP contribution in [-0.2, 0) is 23.9 Å². The summed E-state index contributed by atoms with van der Waals surface area (Å²) in [7, 11) is 4.34. The summed E-state index contributed by atoms with van der Waals surface area (Å²) in [6.07, 6.45) is 0.795. The molecule has 3 rings (SSSR count). The van der Waals surface area contributed by atoms with Crippen molar-refractivity contribution in [2.75, 3.05) is 21.3 Å². The summed E-state index contributed by atoms with van der Waals surface area (Å²) in [5.74, 6) is -2.48. The van der Waals surface area contributed by atoms with Gasteiger partial charge in [0.05, 0.1) is 38.9 Å². The molecule has 8 heteroatoms. The summed E-state index contributed by atoms with van der Waals surface area (Å²) in [6.45, 7) is 7.38. The molecule has 34 heavy (non-hydrogen) atoms. The zero-order valence-corrected chi connectivity index (χ0v) is 20.8. The molecule has 4 atom stereocenters. The number of ketones is 1. The molecule has 0 spiro atoms. The van der Waals surface area contributed by atoms with E-state index in [9.17, 15) is 14.4 Å². The van der Waals surface area contributed by atoms with Gasteiger partial charge in [0, 0.05) is 22.5 Å². The Kier molecular flexibility index (Phi) is 7.69. The molecule has 0 saturated heterocycles. The van der Waals surface area contributed by atoms with Gasteiger partial charge in [0.1, 0.15) is 17.4 Å². The lowest BCUT2D eigenvalue weighted by Crippen LogP contribution is -2.43. The smallest absolute Gasteiger partial charge is 0.337 e. The Labute approximate surface area is 200 Å². The van der Waals surface area contributed by atoms with Gasteiger partial charge in [0.25, 0.3) is 0 Å². The van der Waals surface area contributed by atoms with Crippen LogP contribution in [0.2, 0.25) is 0 Å². The maximum absolute atomic E-state index is 13.8. The van der Waals surface area contributed by atoms with E-state index >= 15 is 0 Å². The number of nitrogens with one attached hydrogen (secondary N) is 1. The molecule has 1 aliphatic heterocycles. The van der Waals surface area contributed by atoms with Crippen molar-refractivity contribution >= 4 is 17.7 Å². The third kappa shape index (κ3) is 4.54. The van der Waals surface area contributed by atoms with Gasteiger partial charge in [-0.3, -0.25) is 9.59 Å². The number of benzene rings is 1. The lowest BCUT2D eigenvalue weighted by Gasteiger charge is -2.38. The average Bonchev–Trinajstić information content (AvgIpc) is 2.82. The molecule has 1 aromatic rings. The molecule has 1 N–H and O–H groups in total. The van der Waals surface area contributed by atoms with Crippen molar-refractivity contribution in [1.29, 1.82) is 0 Å². The zero-order valence-electron chi connectivity index (χ0n) is 20.8. The molecule has 8 nitrogen and oxygen atoms in total. The Balaban J connectivity index is 2.26. The largest absolute Gasteiger partial charge is 0.497 e. The number of methoxy groups -OCH3 is 3. The summed E-state index contributed by atoms with van der Waals surface area (Å²) in [4.78, 5) is 39.8. The highest BCUT2D eigenvalue weighted by Crippen LogP contribution is 2.48. The molecule has 0 unspecified atom stereocenters. The molecule has 0 saturated carbocycles. The molecule has 1 heterocycles. The van der Waals surface area contributed by atoms with Crippen LogP contribution in [0.5, 0.6) is 11.5 Å². The van der Waals surface area contributed by atoms with Crippen LogP contribution < -0.4 is 14.8 Å². The number of carbonyl (C=O) groups is 3. The maximum atomic E-state index is 13.8. The second-order valence-electron chi connectivity index (χ2n) is 8.77. The minimum absolute atomic E-state index is 0.263. The van der Waals surface area contributed by atoms with E-state index in [1.165, 1.54) is 14.2 Å². The van der Waals surface area contributed by atoms with Gasteiger partial charge in [0.15, 0.2) is 5.78 Å². The predicted octanol–water partition coefficient (Wildman–Crippen LogP) is 3.66. The van der Waals surface area contributed by atoms with Crippen LogP contribution in [0, 0.1) is 11.8 Å². The molecular weight excluding hydrogens is 438 g/mol. The number of carbonyl (C=O) groups excluding carboxylic acids is 3. The first-order valence-corrected chi connectivity index (χ1v) is 11.4. The van der Waals surface area contributed by atoms with Crippen LogP contribution >= 0.6 is 0 Å². The van der Waals surface area contributed by atoms with Crippen LogP contribution in [0.25, 0.3) is 0 Å². The lowest BCUT2D eigenvalue weighted by molar-refractivity contribution is -0.151. The van der Waals surface area contributed by atoms with E-state index in [-0.39, 0.29) is 17.8 Å². The van der Waals surface area contributed by atoms with Crippen LogP contribution in [0.15, 0.2) is 40.7 Å². The van der Waals surface area contributed by atoms with E-state index in [2.05, 4.69) is 5.32 Å². The first kappa shape index (κ1) is 25.3. The van der Waals surface area contributed by atoms with Crippen LogP contribution in [-0.4, -0.2) is 45.2 Å². The van der Waals surface area contributed by atoms with Gasteiger partial charge in [-0.15, -0.1) is 0 Å². The van der Waals surface area contributed by atoms with Gasteiger partial charge in [-0.1, -0.05) is 13.8 Å². The topological polar surface area (TPSA) is 100 Å². The summed E-state index contributed by atoms with van der Waals surface area (Å²) >= 11 is 0. The van der Waals surface area contributed by atoms with Crippen molar-refractivity contribution in [3.8, 4) is 11.5 Å². The molecule has 0 bridgehead atoms. The summed E-state index contributed by atoms with van der Waals surface area (Å²) in [5, 5.41) is 3.26. The Bertz CT molecular complexity index is 1060. The molecule has 0 amide bonds. The quantitative estimate of drug-likeness (QED) is 0.475. The third-order valence-electron chi connectivity index (χ3n) is 6.59. The number of dihydropyridines is 1. The Morgan fingerprint density at radius 3 is 2.47 bits per heavy atom. The summed E-state index contributed by atoms with van der Waals surface area (Å²) in [5.41, 5.74) is 2.51. The van der Waals surface area contributed by atoms with E-state index in [0.29, 0.717) is 52.4 Å². The summed E-state index contributed by atoms with van der Waals surface area (Å²) in [6, 6.07) is 5.23. The van der Waals surface area contributed by atoms with E-state index in [1.54, 1.807) is 32.2 Å². The van der Waals surface area contributed by atoms with Gasteiger partial charge in [-0.05, 0) is 50.8 Å². The third-order valence-corrected chi connectivity index (χ3v) is 6.59. The van der Waals surface area contributed by atoms with Gasteiger partial charge in [-0.25, -0.2) is 4.79 Å². The number of rotatable bonds is 7. The van der Waals surface area contributed by atoms with Crippen molar-refractivity contribution in [2.45, 2.75) is 52.6 Å². The molecule has 2 aliphatic rings. The van der Waals surface area contributed by atoms with Crippen molar-refractivity contribution in [3.05, 3.63) is 46.3 Å². The van der Waals surface area contributed by atoms with Gasteiger partial charge in [0.2, 0.25) is 0 Å². The van der Waals surface area contributed by atoms with E-state index in [4.69, 9.17) is 18.9 Å². The van der Waals surface area contributed by atoms with E-state index in [0.717, 1.165) is 0 Å². The fraction of sp³-hybridized carbons (Fsp3) is 0.500. The lowest BCUT2D eigenvalue weighted by atomic mass is 9.69. The Morgan fingerprint density at radius 2 is 1.88 bits per heavy atom. The van der Waals surface area contributed by atoms with Crippen molar-refractivity contribution in [1.82, 2.24) is 5.32 Å². The fourth-order valence-corrected chi connectivity index (χ4v) is 4.66. The first-order chi connectivity index (χ1) is 16.2. The molecule has 0 radical (unpaired) electrons. The van der Waals surface area contributed by atoms with Crippen molar-refractivity contribution in [2.24, 2.45) is 11.8 Å². The second kappa shape index (κ2) is 10.3. The number of esters is 2. The molecule has 184 valence electrons. The fourth-order valence-electron chi connectivity index (χ4n) is 4.66. The van der Waals surface area contributed by atoms with Gasteiger partial charge >= 0.3 is 11.9 Å². The highest BCUT2D eigenvalue weighted by molar-refractivity contribution is 6.12. The highest BCUT2D eigenvalue weighted by atomic mass is 16.5. The first-order valence-electron chi connectivity index (χ1n) is 11.4. The van der Waals surface area contributed by atoms with Crippen LogP contribution in [0.3, 0.4) is 0 Å². The SMILES string of the molecule is CC[C@H](C)OC(=O)C1=C(C)NC2=C(C(=O)[C@H](C(=O)OC)[C@@H](C)C2)[C@H]1c1cc(OC)ccc1OC. The molecular formula is C26H33NO7. The van der Waals surface area contributed by atoms with Gasteiger partial charge in [-0.2, -0.15) is 0 Å². The minimum atomic E-state index is -0.963. The van der Waals surface area contributed by atoms with Gasteiger partial charge < -0.3 is 24.3 Å². The normalized spacial score (nSPS) is 23.0. The van der Waals surface area contributed by atoms with E-state index in [1.807, 2.05) is 20.8 Å². The molecule has 0 fully saturated rings. The van der Waals surface area contributed by atoms with Crippen LogP contribution in [0.4, 0.5) is 0 Å². The Morgan fingerprint density at radius 1 is 1.18 bits per heavy atom. The number of allylic oxidation sites excluding steroid dienone is 3. The average molecular weight is 472 g/mol. The summed E-state index contributed by atoms with van der Waals surface area (Å²) < 4.78 is 21.7. The molecule has 0 aromatic heterocycles. The standard InChI is InChI=1S/C26H33NO7/c1-8-14(3)34-26(30)21-15(4)27-18-11-13(2)20(25(29)33-7)24(28)23(18)22(21)17-12-16(31-5)9-10-19(17)32-6/h9-10,12-14,20,22,27H,8,11H2,1-7H3/t13-,14-,20+,22-/m0/s1. The van der Waals surface area contributed by atoms with E-state index < -0.39 is 23.8 Å². The number of hydrogen-bond acceptors (Lipinski definition) is 8. The van der Waals surface area contributed by atoms with Crippen molar-refractivity contribution in [3.63, 3.8) is 0 Å². The Hall–Kier alpha value is -3.29. The molecule has 1 aromatic carbocycles. The second-order valence-corrected chi connectivity index (χ2v) is 8.77. The highest BCUT2D eigenvalue weighted by Gasteiger charge is 2.48. The predicted molar refractivity (Wildman–Crippen MR) is 125 cm³/mol. The monoisotopic (exact) mass is 471 g/mol. The van der Waals surface area contributed by atoms with Crippen LogP contribution in [0.1, 0.15) is 52.0 Å². The number of ether oxygens (including phenoxy) is 4. The number of Topliss-reactive ketones (excluding diaryl/α,β-unsaturated/α-hetero) is 1.